The normalized spacial score (nSPS) is 11.4. The molecule has 0 atom stereocenters. The fraction of sp³-hybridized carbons (Fsp3) is 0.463. The first-order valence-electron chi connectivity index (χ1n) is 19.6. The molecule has 0 spiro atoms. The largest absolute Gasteiger partial charge is 0.370 e. The number of nitrogens with zero attached hydrogens (tertiary/aromatic N) is 4. The third-order valence-corrected chi connectivity index (χ3v) is 11.2. The minimum atomic E-state index is -0.598. The lowest BCUT2D eigenvalue weighted by molar-refractivity contribution is -0.118. The molecule has 3 aromatic rings. The number of benzene rings is 2. The first-order valence-corrected chi connectivity index (χ1v) is 21.6. The van der Waals surface area contributed by atoms with E-state index in [4.69, 9.17) is 34.4 Å². The van der Waals surface area contributed by atoms with Gasteiger partial charge in [-0.25, -0.2) is 9.97 Å². The lowest BCUT2D eigenvalue weighted by Gasteiger charge is -2.24. The molecular formula is C41H61N13O4S2. The number of aliphatic imine (C=N–C) groups is 2. The Labute approximate surface area is 360 Å². The third kappa shape index (κ3) is 15.7. The molecule has 3 amide bonds. The molecule has 60 heavy (non-hydrogen) atoms. The van der Waals surface area contributed by atoms with Crippen molar-refractivity contribution < 1.29 is 19.2 Å². The number of anilines is 3. The number of unbranched alkanes of at least 4 members (excludes halogenated alkanes) is 1. The number of hydrogen-bond donors (Lipinski definition) is 9. The topological polar surface area (TPSA) is 311 Å². The van der Waals surface area contributed by atoms with Crippen LogP contribution in [0.1, 0.15) is 105 Å². The van der Waals surface area contributed by atoms with Gasteiger partial charge in [-0.1, -0.05) is 47.6 Å². The SMILES string of the molecule is CC(C)(C)c1cc(CC(=O)CCN=C(N)N)c(SCCN)c(NC(=O)c2cc(C(=O)Nc3cc(C(C)(C)C)cc(NC(=O)CCCCN=C(N)N)c3SCCN)ncn2)c1. The van der Waals surface area contributed by atoms with Crippen molar-refractivity contribution in [2.75, 3.05) is 53.6 Å². The number of rotatable bonds is 21. The van der Waals surface area contributed by atoms with E-state index in [0.717, 1.165) is 23.0 Å². The van der Waals surface area contributed by atoms with Crippen LogP contribution >= 0.6 is 23.5 Å². The molecule has 0 bridgehead atoms. The van der Waals surface area contributed by atoms with Crippen molar-refractivity contribution in [1.29, 1.82) is 0 Å². The summed E-state index contributed by atoms with van der Waals surface area (Å²) in [6.07, 6.45) is 2.81. The molecule has 326 valence electrons. The molecule has 3 rings (SSSR count). The number of Topliss-reactive ketones (excluding diaryl/α,β-unsaturated/α-hetero) is 1. The van der Waals surface area contributed by atoms with Gasteiger partial charge in [-0.2, -0.15) is 0 Å². The van der Waals surface area contributed by atoms with E-state index in [1.165, 1.54) is 29.6 Å². The fourth-order valence-corrected chi connectivity index (χ4v) is 7.41. The quantitative estimate of drug-likeness (QED) is 0.0318. The van der Waals surface area contributed by atoms with Gasteiger partial charge in [-0.15, -0.1) is 23.5 Å². The number of carbonyl (C=O) groups is 4. The van der Waals surface area contributed by atoms with Crippen molar-refractivity contribution in [2.45, 2.75) is 94.3 Å². The Balaban J connectivity index is 1.98. The minimum Gasteiger partial charge on any atom is -0.370 e. The number of carbonyl (C=O) groups excluding carboxylic acids is 4. The average molecular weight is 864 g/mol. The highest BCUT2D eigenvalue weighted by Crippen LogP contribution is 2.40. The Hall–Kier alpha value is -5.24. The van der Waals surface area contributed by atoms with Crippen LogP contribution in [0, 0.1) is 0 Å². The summed E-state index contributed by atoms with van der Waals surface area (Å²) < 4.78 is 0. The second-order valence-electron chi connectivity index (χ2n) is 16.0. The van der Waals surface area contributed by atoms with E-state index in [9.17, 15) is 19.2 Å². The van der Waals surface area contributed by atoms with Crippen LogP contribution in [0.4, 0.5) is 17.1 Å². The number of hydrogen-bond acceptors (Lipinski definition) is 12. The Morgan fingerprint density at radius 2 is 1.12 bits per heavy atom. The number of thioether (sulfide) groups is 2. The lowest BCUT2D eigenvalue weighted by atomic mass is 9.85. The summed E-state index contributed by atoms with van der Waals surface area (Å²) in [4.78, 5) is 71.7. The summed E-state index contributed by atoms with van der Waals surface area (Å²) in [5.74, 6) is -0.522. The maximum Gasteiger partial charge on any atom is 0.274 e. The molecule has 0 radical (unpaired) electrons. The molecule has 0 aliphatic rings. The van der Waals surface area contributed by atoms with E-state index in [0.29, 0.717) is 70.8 Å². The molecule has 15 N–H and O–H groups in total. The van der Waals surface area contributed by atoms with Crippen molar-refractivity contribution in [3.8, 4) is 0 Å². The predicted octanol–water partition coefficient (Wildman–Crippen LogP) is 3.84. The van der Waals surface area contributed by atoms with Crippen LogP contribution in [0.3, 0.4) is 0 Å². The van der Waals surface area contributed by atoms with Gasteiger partial charge >= 0.3 is 0 Å². The summed E-state index contributed by atoms with van der Waals surface area (Å²) in [6, 6.07) is 8.93. The van der Waals surface area contributed by atoms with E-state index < -0.39 is 11.8 Å². The molecular weight excluding hydrogens is 803 g/mol. The van der Waals surface area contributed by atoms with Crippen LogP contribution in [0.2, 0.25) is 0 Å². The molecule has 0 unspecified atom stereocenters. The van der Waals surface area contributed by atoms with Gasteiger partial charge in [0.25, 0.3) is 11.8 Å². The van der Waals surface area contributed by atoms with Crippen molar-refractivity contribution in [3.63, 3.8) is 0 Å². The second-order valence-corrected chi connectivity index (χ2v) is 18.2. The maximum atomic E-state index is 14.0. The Morgan fingerprint density at radius 1 is 0.633 bits per heavy atom. The smallest absolute Gasteiger partial charge is 0.274 e. The van der Waals surface area contributed by atoms with Crippen LogP contribution in [0.5, 0.6) is 0 Å². The highest BCUT2D eigenvalue weighted by Gasteiger charge is 2.25. The van der Waals surface area contributed by atoms with Crippen molar-refractivity contribution in [3.05, 3.63) is 64.7 Å². The number of aromatic nitrogens is 2. The van der Waals surface area contributed by atoms with Crippen LogP contribution in [0.15, 0.2) is 56.4 Å². The first kappa shape index (κ1) is 49.1. The third-order valence-electron chi connectivity index (χ3n) is 8.80. The summed E-state index contributed by atoms with van der Waals surface area (Å²) >= 11 is 2.82. The minimum absolute atomic E-state index is 0.00278. The Morgan fingerprint density at radius 3 is 1.63 bits per heavy atom. The molecule has 17 nitrogen and oxygen atoms in total. The van der Waals surface area contributed by atoms with Crippen LogP contribution in [-0.4, -0.2) is 83.1 Å². The van der Waals surface area contributed by atoms with Crippen molar-refractivity contribution >= 4 is 76.0 Å². The van der Waals surface area contributed by atoms with Crippen LogP contribution in [0.25, 0.3) is 0 Å². The van der Waals surface area contributed by atoms with Gasteiger partial charge in [0.2, 0.25) is 5.91 Å². The van der Waals surface area contributed by atoms with E-state index in [-0.39, 0.29) is 71.6 Å². The molecule has 0 fully saturated rings. The standard InChI is InChI=1S/C41H61N13O4S2/c1-40(2,3)25-17-24(18-27(55)10-14-49-39(46)47)34(59-15-11-42)28(19-25)53-36(57)31-22-32(51-23-50-31)37(58)54-30-21-26(41(4,5)6)20-29(35(30)60-16-12-43)52-33(56)9-7-8-13-48-38(44)45/h17,19-23H,7-16,18,42-43H2,1-6H3,(H,52,56)(H,53,57)(H,54,58)(H4,44,45,48)(H4,46,47,49). The van der Waals surface area contributed by atoms with Gasteiger partial charge in [0.15, 0.2) is 11.9 Å². The van der Waals surface area contributed by atoms with Crippen LogP contribution < -0.4 is 50.4 Å². The monoisotopic (exact) mass is 863 g/mol. The van der Waals surface area contributed by atoms with Gasteiger partial charge in [0, 0.05) is 67.9 Å². The Bertz CT molecular complexity index is 2050. The van der Waals surface area contributed by atoms with Crippen molar-refractivity contribution in [1.82, 2.24) is 9.97 Å². The van der Waals surface area contributed by atoms with E-state index in [2.05, 4.69) is 35.9 Å². The molecule has 0 saturated heterocycles. The van der Waals surface area contributed by atoms with Gasteiger partial charge in [0.1, 0.15) is 23.5 Å². The van der Waals surface area contributed by atoms with E-state index >= 15 is 0 Å². The predicted molar refractivity (Wildman–Crippen MR) is 245 cm³/mol. The van der Waals surface area contributed by atoms with E-state index in [1.54, 1.807) is 0 Å². The summed E-state index contributed by atoms with van der Waals surface area (Å²) in [5, 5.41) is 8.98. The average Bonchev–Trinajstić information content (AvgIpc) is 3.15. The number of ketones is 1. The zero-order valence-electron chi connectivity index (χ0n) is 35.4. The number of guanidine groups is 2. The van der Waals surface area contributed by atoms with Gasteiger partial charge in [-0.05, 0) is 58.6 Å². The zero-order valence-corrected chi connectivity index (χ0v) is 37.1. The maximum absolute atomic E-state index is 14.0. The highest BCUT2D eigenvalue weighted by molar-refractivity contribution is 7.99. The summed E-state index contributed by atoms with van der Waals surface area (Å²) in [7, 11) is 0. The first-order chi connectivity index (χ1) is 28.2. The van der Waals surface area contributed by atoms with E-state index in [1.807, 2.05) is 65.8 Å². The zero-order chi connectivity index (χ0) is 44.6. The number of nitrogens with two attached hydrogens (primary N) is 6. The molecule has 0 saturated carbocycles. The molecule has 1 heterocycles. The van der Waals surface area contributed by atoms with Crippen molar-refractivity contribution in [2.24, 2.45) is 44.4 Å². The summed E-state index contributed by atoms with van der Waals surface area (Å²) in [5.41, 5.74) is 36.6. The van der Waals surface area contributed by atoms with Gasteiger partial charge in [-0.3, -0.25) is 29.2 Å². The lowest BCUT2D eigenvalue weighted by Crippen LogP contribution is -2.23. The number of nitrogens with one attached hydrogen (secondary N) is 3. The molecule has 0 aliphatic carbocycles. The van der Waals surface area contributed by atoms with Gasteiger partial charge < -0.3 is 50.4 Å². The fourth-order valence-electron chi connectivity index (χ4n) is 5.65. The van der Waals surface area contributed by atoms with Crippen LogP contribution in [-0.2, 0) is 26.8 Å². The molecule has 2 aromatic carbocycles. The second kappa shape index (κ2) is 22.9. The highest BCUT2D eigenvalue weighted by atomic mass is 32.2. The molecule has 19 heteroatoms. The Kier molecular flexibility index (Phi) is 18.8. The molecule has 1 aromatic heterocycles. The van der Waals surface area contributed by atoms with Gasteiger partial charge in [0.05, 0.1) is 22.0 Å². The summed E-state index contributed by atoms with van der Waals surface area (Å²) in [6.45, 7) is 13.5. The number of amides is 3. The molecule has 0 aliphatic heterocycles.